The van der Waals surface area contributed by atoms with Crippen molar-refractivity contribution in [3.63, 3.8) is 0 Å². The Morgan fingerprint density at radius 2 is 1.84 bits per heavy atom. The summed E-state index contributed by atoms with van der Waals surface area (Å²) >= 11 is 0. The van der Waals surface area contributed by atoms with Gasteiger partial charge in [0.05, 0.1) is 5.56 Å². The Bertz CT molecular complexity index is 1300. The Balaban J connectivity index is 1.42. The predicted molar refractivity (Wildman–Crippen MR) is 139 cm³/mol. The van der Waals surface area contributed by atoms with Gasteiger partial charge in [-0.2, -0.15) is 0 Å². The molecule has 3 aromatic heterocycles. The first-order chi connectivity index (χ1) is 17.8. The molecule has 37 heavy (non-hydrogen) atoms. The molecule has 1 aliphatic heterocycles. The molecule has 0 bridgehead atoms. The molecule has 196 valence electrons. The van der Waals surface area contributed by atoms with Crippen LogP contribution in [0, 0.1) is 18.8 Å². The third kappa shape index (κ3) is 4.99. The number of hydrogen-bond acceptors (Lipinski definition) is 8. The van der Waals surface area contributed by atoms with E-state index in [1.807, 2.05) is 25.3 Å². The van der Waals surface area contributed by atoms with Gasteiger partial charge >= 0.3 is 0 Å². The van der Waals surface area contributed by atoms with Crippen LogP contribution in [0.2, 0.25) is 0 Å². The average Bonchev–Trinajstić information content (AvgIpc) is 3.53. The molecule has 1 saturated carbocycles. The maximum absolute atomic E-state index is 13.2. The third-order valence-corrected chi connectivity index (χ3v) is 7.41. The molecule has 1 saturated heterocycles. The summed E-state index contributed by atoms with van der Waals surface area (Å²) in [5.74, 6) is 2.34. The number of amides is 2. The summed E-state index contributed by atoms with van der Waals surface area (Å²) in [6, 6.07) is -0.609. The first-order valence-corrected chi connectivity index (χ1v) is 13.1. The molecule has 1 aliphatic carbocycles. The number of hydrogen-bond donors (Lipinski definition) is 2. The molecule has 3 unspecified atom stereocenters. The van der Waals surface area contributed by atoms with Gasteiger partial charge in [-0.15, -0.1) is 0 Å². The molecule has 3 atom stereocenters. The minimum absolute atomic E-state index is 0.0288. The molecular formula is C26H35N9O2. The second-order valence-electron chi connectivity index (χ2n) is 10.5. The molecule has 11 heteroatoms. The Kier molecular flexibility index (Phi) is 6.78. The van der Waals surface area contributed by atoms with Crippen LogP contribution in [0.4, 0.5) is 5.82 Å². The van der Waals surface area contributed by atoms with Gasteiger partial charge in [-0.1, -0.05) is 13.8 Å². The van der Waals surface area contributed by atoms with Gasteiger partial charge in [-0.05, 0) is 46.0 Å². The monoisotopic (exact) mass is 505 g/mol. The quantitative estimate of drug-likeness (QED) is 0.478. The lowest BCUT2D eigenvalue weighted by molar-refractivity contribution is -0.139. The highest BCUT2D eigenvalue weighted by molar-refractivity contribution is 5.91. The van der Waals surface area contributed by atoms with Crippen LogP contribution in [0.15, 0.2) is 18.7 Å². The van der Waals surface area contributed by atoms with Gasteiger partial charge in [-0.25, -0.2) is 24.9 Å². The minimum atomic E-state index is -0.502. The summed E-state index contributed by atoms with van der Waals surface area (Å²) in [5, 5.41) is 6.59. The Morgan fingerprint density at radius 1 is 1.11 bits per heavy atom. The number of aryl methyl sites for hydroxylation is 2. The lowest BCUT2D eigenvalue weighted by Crippen LogP contribution is -2.49. The summed E-state index contributed by atoms with van der Waals surface area (Å²) in [6.07, 6.45) is 7.34. The summed E-state index contributed by atoms with van der Waals surface area (Å²) in [6.45, 7) is 11.1. The number of likely N-dealkylation sites (tertiary alicyclic amines) is 1. The SMILES string of the molecule is CCn1c(-c2cnc(C)nc2)nc2c(NC3CC(C(=O)NC(C)C(C)C)N(C(=O)C4CC4)C3)ncnc21. The average molecular weight is 506 g/mol. The highest BCUT2D eigenvalue weighted by Crippen LogP contribution is 2.35. The molecule has 5 rings (SSSR count). The molecule has 2 N–H and O–H groups in total. The van der Waals surface area contributed by atoms with E-state index < -0.39 is 6.04 Å². The zero-order valence-electron chi connectivity index (χ0n) is 22.1. The number of fused-ring (bicyclic) bond motifs is 1. The normalized spacial score (nSPS) is 20.4. The number of imidazole rings is 1. The first-order valence-electron chi connectivity index (χ1n) is 13.1. The second-order valence-corrected chi connectivity index (χ2v) is 10.5. The number of nitrogens with zero attached hydrogens (tertiary/aromatic N) is 7. The zero-order valence-corrected chi connectivity index (χ0v) is 22.1. The molecule has 0 spiro atoms. The Labute approximate surface area is 216 Å². The topological polar surface area (TPSA) is 131 Å². The van der Waals surface area contributed by atoms with Crippen molar-refractivity contribution in [2.45, 2.75) is 78.6 Å². The van der Waals surface area contributed by atoms with Crippen molar-refractivity contribution in [2.24, 2.45) is 11.8 Å². The van der Waals surface area contributed by atoms with Gasteiger partial charge < -0.3 is 20.1 Å². The minimum Gasteiger partial charge on any atom is -0.363 e. The fourth-order valence-corrected chi connectivity index (χ4v) is 4.75. The third-order valence-electron chi connectivity index (χ3n) is 7.41. The van der Waals surface area contributed by atoms with E-state index in [9.17, 15) is 9.59 Å². The van der Waals surface area contributed by atoms with Crippen LogP contribution in [0.1, 0.15) is 52.8 Å². The van der Waals surface area contributed by atoms with Crippen LogP contribution in [-0.2, 0) is 16.1 Å². The van der Waals surface area contributed by atoms with Crippen LogP contribution in [0.5, 0.6) is 0 Å². The van der Waals surface area contributed by atoms with Crippen molar-refractivity contribution >= 4 is 28.8 Å². The van der Waals surface area contributed by atoms with Crippen molar-refractivity contribution in [1.82, 2.24) is 39.7 Å². The van der Waals surface area contributed by atoms with E-state index in [1.54, 1.807) is 17.3 Å². The fourth-order valence-electron chi connectivity index (χ4n) is 4.75. The van der Waals surface area contributed by atoms with Crippen LogP contribution < -0.4 is 10.6 Å². The van der Waals surface area contributed by atoms with Crippen molar-refractivity contribution in [1.29, 1.82) is 0 Å². The van der Waals surface area contributed by atoms with E-state index >= 15 is 0 Å². The molecular weight excluding hydrogens is 470 g/mol. The molecule has 0 radical (unpaired) electrons. The van der Waals surface area contributed by atoms with Gasteiger partial charge in [0, 0.05) is 43.5 Å². The Hall–Kier alpha value is -3.63. The molecule has 2 fully saturated rings. The molecule has 3 aromatic rings. The number of nitrogens with one attached hydrogen (secondary N) is 2. The van der Waals surface area contributed by atoms with Crippen molar-refractivity contribution in [2.75, 3.05) is 11.9 Å². The number of carbonyl (C=O) groups is 2. The van der Waals surface area contributed by atoms with E-state index in [4.69, 9.17) is 4.98 Å². The summed E-state index contributed by atoms with van der Waals surface area (Å²) in [7, 11) is 0. The largest absolute Gasteiger partial charge is 0.363 e. The van der Waals surface area contributed by atoms with Crippen LogP contribution in [-0.4, -0.2) is 70.9 Å². The molecule has 4 heterocycles. The van der Waals surface area contributed by atoms with E-state index in [1.165, 1.54) is 6.33 Å². The second kappa shape index (κ2) is 10.0. The van der Waals surface area contributed by atoms with Crippen LogP contribution >= 0.6 is 0 Å². The molecule has 2 amide bonds. The molecule has 11 nitrogen and oxygen atoms in total. The van der Waals surface area contributed by atoms with E-state index in [0.717, 1.165) is 24.2 Å². The smallest absolute Gasteiger partial charge is 0.243 e. The molecule has 0 aromatic carbocycles. The maximum Gasteiger partial charge on any atom is 0.243 e. The highest BCUT2D eigenvalue weighted by Gasteiger charge is 2.44. The number of rotatable bonds is 8. The van der Waals surface area contributed by atoms with Gasteiger partial charge in [0.25, 0.3) is 0 Å². The Morgan fingerprint density at radius 3 is 2.49 bits per heavy atom. The maximum atomic E-state index is 13.2. The summed E-state index contributed by atoms with van der Waals surface area (Å²) < 4.78 is 2.01. The first kappa shape index (κ1) is 25.0. The zero-order chi connectivity index (χ0) is 26.3. The number of carbonyl (C=O) groups excluding carboxylic acids is 2. The number of anilines is 1. The summed E-state index contributed by atoms with van der Waals surface area (Å²) in [5.41, 5.74) is 2.15. The predicted octanol–water partition coefficient (Wildman–Crippen LogP) is 2.56. The van der Waals surface area contributed by atoms with Gasteiger partial charge in [-0.3, -0.25) is 9.59 Å². The highest BCUT2D eigenvalue weighted by atomic mass is 16.2. The lowest BCUT2D eigenvalue weighted by atomic mass is 10.1. The lowest BCUT2D eigenvalue weighted by Gasteiger charge is -2.26. The van der Waals surface area contributed by atoms with Crippen molar-refractivity contribution in [3.05, 3.63) is 24.5 Å². The molecule has 2 aliphatic rings. The van der Waals surface area contributed by atoms with E-state index in [2.05, 4.69) is 44.4 Å². The fraction of sp³-hybridized carbons (Fsp3) is 0.577. The summed E-state index contributed by atoms with van der Waals surface area (Å²) in [4.78, 5) is 50.5. The van der Waals surface area contributed by atoms with Gasteiger partial charge in [0.15, 0.2) is 17.0 Å². The van der Waals surface area contributed by atoms with Gasteiger partial charge in [0.1, 0.15) is 24.0 Å². The van der Waals surface area contributed by atoms with Gasteiger partial charge in [0.2, 0.25) is 11.8 Å². The number of aromatic nitrogens is 6. The standard InChI is InChI=1S/C26H35N9O2/c1-6-34-23(18-10-27-16(5)28-11-18)33-21-22(29-13-30-24(21)34)32-19-9-20(25(36)31-15(4)14(2)3)35(12-19)26(37)17-7-8-17/h10-11,13-15,17,19-20H,6-9,12H2,1-5H3,(H,31,36)(H,29,30,32). The van der Waals surface area contributed by atoms with Crippen LogP contribution in [0.3, 0.4) is 0 Å². The van der Waals surface area contributed by atoms with E-state index in [0.29, 0.717) is 48.2 Å². The van der Waals surface area contributed by atoms with Crippen molar-refractivity contribution < 1.29 is 9.59 Å². The van der Waals surface area contributed by atoms with E-state index in [-0.39, 0.29) is 29.8 Å². The van der Waals surface area contributed by atoms with Crippen molar-refractivity contribution in [3.8, 4) is 11.4 Å². The van der Waals surface area contributed by atoms with Crippen LogP contribution in [0.25, 0.3) is 22.6 Å².